The molecule has 22 heavy (non-hydrogen) atoms. The molecule has 1 aromatic carbocycles. The summed E-state index contributed by atoms with van der Waals surface area (Å²) in [6.45, 7) is 10.6. The van der Waals surface area contributed by atoms with Gasteiger partial charge in [-0.05, 0) is 24.0 Å². The molecule has 0 fully saturated rings. The molecule has 0 saturated heterocycles. The van der Waals surface area contributed by atoms with Gasteiger partial charge in [0.2, 0.25) is 0 Å². The topological polar surface area (TPSA) is 48.5 Å². The number of anilines is 1. The van der Waals surface area contributed by atoms with Gasteiger partial charge in [0.1, 0.15) is 0 Å². The van der Waals surface area contributed by atoms with Gasteiger partial charge in [-0.2, -0.15) is 0 Å². The highest BCUT2D eigenvalue weighted by molar-refractivity contribution is 14.0. The second-order valence-corrected chi connectivity index (χ2v) is 6.09. The Balaban J connectivity index is 0.00000441. The molecule has 0 radical (unpaired) electrons. The van der Waals surface area contributed by atoms with Crippen molar-refractivity contribution < 1.29 is 0 Å². The van der Waals surface area contributed by atoms with Crippen molar-refractivity contribution in [3.8, 4) is 0 Å². The van der Waals surface area contributed by atoms with E-state index in [1.807, 2.05) is 13.1 Å². The lowest BCUT2D eigenvalue weighted by atomic mass is 10.0. The van der Waals surface area contributed by atoms with E-state index in [0.29, 0.717) is 17.9 Å². The van der Waals surface area contributed by atoms with E-state index in [0.717, 1.165) is 24.7 Å². The van der Waals surface area contributed by atoms with Crippen molar-refractivity contribution >= 4 is 35.6 Å². The number of rotatable bonds is 7. The van der Waals surface area contributed by atoms with Gasteiger partial charge in [-0.15, -0.1) is 24.0 Å². The lowest BCUT2D eigenvalue weighted by Gasteiger charge is -2.25. The molecule has 0 bridgehead atoms. The Labute approximate surface area is 152 Å². The van der Waals surface area contributed by atoms with Gasteiger partial charge in [0.05, 0.1) is 0 Å². The van der Waals surface area contributed by atoms with Gasteiger partial charge in [0.15, 0.2) is 5.96 Å². The van der Waals surface area contributed by atoms with Crippen LogP contribution in [0.5, 0.6) is 0 Å². The molecule has 1 atom stereocenters. The fourth-order valence-electron chi connectivity index (χ4n) is 1.93. The molecule has 1 rings (SSSR count). The second-order valence-electron chi connectivity index (χ2n) is 6.09. The summed E-state index contributed by atoms with van der Waals surface area (Å²) in [7, 11) is 1.81. The lowest BCUT2D eigenvalue weighted by molar-refractivity contribution is 0.510. The van der Waals surface area contributed by atoms with Crippen molar-refractivity contribution in [1.82, 2.24) is 10.6 Å². The quantitative estimate of drug-likeness (QED) is 0.361. The first-order valence-corrected chi connectivity index (χ1v) is 7.79. The van der Waals surface area contributed by atoms with Gasteiger partial charge in [-0.1, -0.05) is 45.9 Å². The van der Waals surface area contributed by atoms with Crippen LogP contribution >= 0.6 is 24.0 Å². The second kappa shape index (κ2) is 11.6. The van der Waals surface area contributed by atoms with E-state index in [4.69, 9.17) is 0 Å². The van der Waals surface area contributed by atoms with Crippen LogP contribution in [0.3, 0.4) is 0 Å². The average Bonchev–Trinajstić information content (AvgIpc) is 2.46. The van der Waals surface area contributed by atoms with E-state index in [2.05, 4.69) is 72.9 Å². The standard InChI is InChI=1S/C17H30N4.HI/c1-13(2)11-19-17(18-5)20-12-16(14(3)4)21-15-9-7-6-8-10-15;/h6-10,13-14,16,21H,11-12H2,1-5H3,(H2,18,19,20);1H. The molecule has 0 aromatic heterocycles. The zero-order valence-electron chi connectivity index (χ0n) is 14.4. The van der Waals surface area contributed by atoms with Crippen LogP contribution in [0, 0.1) is 11.8 Å². The first-order valence-electron chi connectivity index (χ1n) is 7.79. The SMILES string of the molecule is CN=C(NCC(C)C)NCC(Nc1ccccc1)C(C)C.I. The summed E-state index contributed by atoms with van der Waals surface area (Å²) < 4.78 is 0. The number of halogens is 1. The van der Waals surface area contributed by atoms with E-state index in [1.165, 1.54) is 0 Å². The highest BCUT2D eigenvalue weighted by atomic mass is 127. The molecule has 0 spiro atoms. The zero-order valence-corrected chi connectivity index (χ0v) is 16.7. The fraction of sp³-hybridized carbons (Fsp3) is 0.588. The molecular weight excluding hydrogens is 387 g/mol. The number of nitrogens with zero attached hydrogens (tertiary/aromatic N) is 1. The molecule has 0 aliphatic rings. The minimum atomic E-state index is 0. The smallest absolute Gasteiger partial charge is 0.191 e. The van der Waals surface area contributed by atoms with Crippen molar-refractivity contribution in [2.75, 3.05) is 25.5 Å². The van der Waals surface area contributed by atoms with E-state index < -0.39 is 0 Å². The first-order chi connectivity index (χ1) is 10.0. The summed E-state index contributed by atoms with van der Waals surface area (Å²) in [6.07, 6.45) is 0. The number of guanidine groups is 1. The van der Waals surface area contributed by atoms with E-state index in [-0.39, 0.29) is 24.0 Å². The summed E-state index contributed by atoms with van der Waals surface area (Å²) in [5.41, 5.74) is 1.16. The van der Waals surface area contributed by atoms with E-state index in [1.54, 1.807) is 0 Å². The predicted molar refractivity (Wildman–Crippen MR) is 108 cm³/mol. The molecule has 0 amide bonds. The summed E-state index contributed by atoms with van der Waals surface area (Å²) in [5, 5.41) is 10.3. The number of hydrogen-bond donors (Lipinski definition) is 3. The Hall–Kier alpha value is -0.980. The van der Waals surface area contributed by atoms with Gasteiger partial charge >= 0.3 is 0 Å². The van der Waals surface area contributed by atoms with E-state index in [9.17, 15) is 0 Å². The molecular formula is C17H31IN4. The van der Waals surface area contributed by atoms with Gasteiger partial charge in [-0.3, -0.25) is 4.99 Å². The molecule has 0 aliphatic heterocycles. The van der Waals surface area contributed by atoms with Crippen LogP contribution in [-0.2, 0) is 0 Å². The largest absolute Gasteiger partial charge is 0.380 e. The Morgan fingerprint density at radius 3 is 2.09 bits per heavy atom. The molecule has 0 aliphatic carbocycles. The van der Waals surface area contributed by atoms with Crippen molar-refractivity contribution in [1.29, 1.82) is 0 Å². The summed E-state index contributed by atoms with van der Waals surface area (Å²) in [6, 6.07) is 10.7. The van der Waals surface area contributed by atoms with Crippen LogP contribution in [0.25, 0.3) is 0 Å². The molecule has 0 heterocycles. The molecule has 1 unspecified atom stereocenters. The third-order valence-electron chi connectivity index (χ3n) is 3.32. The van der Waals surface area contributed by atoms with E-state index >= 15 is 0 Å². The molecule has 0 saturated carbocycles. The number of nitrogens with one attached hydrogen (secondary N) is 3. The summed E-state index contributed by atoms with van der Waals surface area (Å²) in [5.74, 6) is 2.00. The first kappa shape index (κ1) is 21.0. The van der Waals surface area contributed by atoms with Crippen LogP contribution in [0.15, 0.2) is 35.3 Å². The highest BCUT2D eigenvalue weighted by Crippen LogP contribution is 2.11. The predicted octanol–water partition coefficient (Wildman–Crippen LogP) is 3.56. The van der Waals surface area contributed by atoms with Gasteiger partial charge < -0.3 is 16.0 Å². The van der Waals surface area contributed by atoms with Gasteiger partial charge in [0, 0.05) is 31.9 Å². The van der Waals surface area contributed by atoms with Crippen molar-refractivity contribution in [3.05, 3.63) is 30.3 Å². The minimum Gasteiger partial charge on any atom is -0.380 e. The maximum atomic E-state index is 4.26. The summed E-state index contributed by atoms with van der Waals surface area (Å²) >= 11 is 0. The van der Waals surface area contributed by atoms with Crippen LogP contribution in [-0.4, -0.2) is 32.1 Å². The normalized spacial score (nSPS) is 12.8. The Kier molecular flexibility index (Phi) is 11.1. The van der Waals surface area contributed by atoms with Crippen molar-refractivity contribution in [2.45, 2.75) is 33.7 Å². The third-order valence-corrected chi connectivity index (χ3v) is 3.32. The Morgan fingerprint density at radius 1 is 1.00 bits per heavy atom. The number of aliphatic imine (C=N–C) groups is 1. The molecule has 4 nitrogen and oxygen atoms in total. The Bertz CT molecular complexity index is 418. The highest BCUT2D eigenvalue weighted by Gasteiger charge is 2.13. The van der Waals surface area contributed by atoms with Crippen LogP contribution < -0.4 is 16.0 Å². The maximum Gasteiger partial charge on any atom is 0.191 e. The molecule has 1 aromatic rings. The molecule has 126 valence electrons. The fourth-order valence-corrected chi connectivity index (χ4v) is 1.93. The molecule has 3 N–H and O–H groups in total. The van der Waals surface area contributed by atoms with Crippen LogP contribution in [0.2, 0.25) is 0 Å². The number of para-hydroxylation sites is 1. The van der Waals surface area contributed by atoms with Crippen LogP contribution in [0.1, 0.15) is 27.7 Å². The molecule has 5 heteroatoms. The number of benzene rings is 1. The lowest BCUT2D eigenvalue weighted by Crippen LogP contribution is -2.45. The monoisotopic (exact) mass is 418 g/mol. The maximum absolute atomic E-state index is 4.26. The zero-order chi connectivity index (χ0) is 15.7. The van der Waals surface area contributed by atoms with Crippen molar-refractivity contribution in [2.24, 2.45) is 16.8 Å². The van der Waals surface area contributed by atoms with Crippen LogP contribution in [0.4, 0.5) is 5.69 Å². The van der Waals surface area contributed by atoms with Gasteiger partial charge in [0.25, 0.3) is 0 Å². The third kappa shape index (κ3) is 8.46. The minimum absolute atomic E-state index is 0. The van der Waals surface area contributed by atoms with Gasteiger partial charge in [-0.25, -0.2) is 0 Å². The Morgan fingerprint density at radius 2 is 1.59 bits per heavy atom. The summed E-state index contributed by atoms with van der Waals surface area (Å²) in [4.78, 5) is 4.26. The van der Waals surface area contributed by atoms with Crippen molar-refractivity contribution in [3.63, 3.8) is 0 Å². The number of hydrogen-bond acceptors (Lipinski definition) is 2. The average molecular weight is 418 g/mol.